The Labute approximate surface area is 244 Å². The number of phenols is 1. The zero-order valence-corrected chi connectivity index (χ0v) is 25.9. The minimum atomic E-state index is -0.0590. The van der Waals surface area contributed by atoms with Gasteiger partial charge in [0.1, 0.15) is 25.2 Å². The number of benzene rings is 1. The molecule has 0 radical (unpaired) electrons. The zero-order valence-electron chi connectivity index (χ0n) is 25.1. The van der Waals surface area contributed by atoms with Gasteiger partial charge < -0.3 is 24.3 Å². The molecule has 2 aliphatic rings. The van der Waals surface area contributed by atoms with Gasteiger partial charge in [0.05, 0.1) is 37.3 Å². The highest BCUT2D eigenvalue weighted by atomic mass is 35.5. The molecule has 0 amide bonds. The molecular formula is C31H46ClN3O5. The molecule has 0 aromatic heterocycles. The van der Waals surface area contributed by atoms with Crippen molar-refractivity contribution >= 4 is 23.5 Å². The Morgan fingerprint density at radius 1 is 1.25 bits per heavy atom. The molecule has 0 unspecified atom stereocenters. The first-order valence-electron chi connectivity index (χ1n) is 14.1. The third kappa shape index (κ3) is 7.59. The standard InChI is InChI=1S/C31H46ClN3O5/c1-21(8-10-25-29(36)26(20-33-38-7)23(3)28(32)30(25)37-6)12-13-31(5)22(2)9-11-27(24(31)4)34-40-19-16-35-14-17-39-18-15-35/h8,12-13,20,22,24,36H,9-11,14-19H2,1-7H3/b13-12+,21-8+,33-20+,34-27+/t22-,24+,31+/m1/s1. The Bertz CT molecular complexity index is 1130. The highest BCUT2D eigenvalue weighted by Crippen LogP contribution is 2.45. The third-order valence-corrected chi connectivity index (χ3v) is 9.14. The van der Waals surface area contributed by atoms with Gasteiger partial charge in [-0.2, -0.15) is 0 Å². The van der Waals surface area contributed by atoms with Crippen LogP contribution in [-0.2, 0) is 20.8 Å². The van der Waals surface area contributed by atoms with Gasteiger partial charge in [-0.05, 0) is 50.0 Å². The van der Waals surface area contributed by atoms with Gasteiger partial charge in [-0.25, -0.2) is 0 Å². The predicted molar refractivity (Wildman–Crippen MR) is 162 cm³/mol. The summed E-state index contributed by atoms with van der Waals surface area (Å²) in [6.45, 7) is 15.7. The van der Waals surface area contributed by atoms with Crippen molar-refractivity contribution < 1.29 is 24.3 Å². The smallest absolute Gasteiger partial charge is 0.144 e. The molecule has 1 saturated carbocycles. The van der Waals surface area contributed by atoms with E-state index in [0.29, 0.717) is 46.4 Å². The number of halogens is 1. The number of hydrogen-bond donors (Lipinski definition) is 1. The summed E-state index contributed by atoms with van der Waals surface area (Å²) >= 11 is 6.58. The van der Waals surface area contributed by atoms with Crippen LogP contribution in [0.1, 0.15) is 57.2 Å². The van der Waals surface area contributed by atoms with Crippen molar-refractivity contribution in [1.82, 2.24) is 4.90 Å². The van der Waals surface area contributed by atoms with Crippen molar-refractivity contribution in [3.8, 4) is 11.5 Å². The average Bonchev–Trinajstić information content (AvgIpc) is 2.96. The fourth-order valence-electron chi connectivity index (χ4n) is 5.41. The first-order valence-corrected chi connectivity index (χ1v) is 14.5. The van der Waals surface area contributed by atoms with E-state index in [9.17, 15) is 5.11 Å². The molecule has 1 heterocycles. The van der Waals surface area contributed by atoms with Gasteiger partial charge in [-0.1, -0.05) is 66.5 Å². The number of phenolic OH excluding ortho intramolecular Hbond substituents is 1. The third-order valence-electron chi connectivity index (χ3n) is 8.68. The summed E-state index contributed by atoms with van der Waals surface area (Å²) in [5.74, 6) is 1.31. The van der Waals surface area contributed by atoms with Crippen LogP contribution in [-0.4, -0.2) is 75.6 Å². The molecule has 1 saturated heterocycles. The number of oxime groups is 2. The van der Waals surface area contributed by atoms with Gasteiger partial charge in [0.25, 0.3) is 0 Å². The molecule has 1 aliphatic heterocycles. The Morgan fingerprint density at radius 2 is 1.98 bits per heavy atom. The topological polar surface area (TPSA) is 85.1 Å². The van der Waals surface area contributed by atoms with Crippen molar-refractivity contribution in [2.45, 2.75) is 53.9 Å². The summed E-state index contributed by atoms with van der Waals surface area (Å²) in [6, 6.07) is 0. The molecule has 2 fully saturated rings. The monoisotopic (exact) mass is 575 g/mol. The van der Waals surface area contributed by atoms with E-state index in [1.807, 2.05) is 6.92 Å². The fourth-order valence-corrected chi connectivity index (χ4v) is 5.70. The lowest BCUT2D eigenvalue weighted by Gasteiger charge is -2.43. The van der Waals surface area contributed by atoms with E-state index in [0.717, 1.165) is 57.0 Å². The highest BCUT2D eigenvalue weighted by Gasteiger charge is 2.41. The van der Waals surface area contributed by atoms with E-state index in [2.05, 4.69) is 61.1 Å². The number of hydrogen-bond acceptors (Lipinski definition) is 8. The largest absolute Gasteiger partial charge is 0.507 e. The van der Waals surface area contributed by atoms with E-state index < -0.39 is 0 Å². The van der Waals surface area contributed by atoms with Crippen molar-refractivity contribution in [3.63, 3.8) is 0 Å². The lowest BCUT2D eigenvalue weighted by atomic mass is 9.61. The fraction of sp³-hybridized carbons (Fsp3) is 0.613. The van der Waals surface area contributed by atoms with E-state index in [-0.39, 0.29) is 17.1 Å². The number of allylic oxidation sites excluding steroid dienone is 4. The van der Waals surface area contributed by atoms with Crippen LogP contribution in [0.15, 0.2) is 34.1 Å². The van der Waals surface area contributed by atoms with Crippen LogP contribution in [0, 0.1) is 24.2 Å². The molecule has 3 atom stereocenters. The molecule has 9 heteroatoms. The van der Waals surface area contributed by atoms with E-state index in [1.54, 1.807) is 7.11 Å². The summed E-state index contributed by atoms with van der Waals surface area (Å²) in [5, 5.41) is 19.9. The molecule has 0 bridgehead atoms. The van der Waals surface area contributed by atoms with Crippen LogP contribution < -0.4 is 4.74 Å². The van der Waals surface area contributed by atoms with Crippen LogP contribution in [0.25, 0.3) is 0 Å². The molecule has 8 nitrogen and oxygen atoms in total. The summed E-state index contributed by atoms with van der Waals surface area (Å²) in [4.78, 5) is 12.9. The Morgan fingerprint density at radius 3 is 2.65 bits per heavy atom. The van der Waals surface area contributed by atoms with Crippen LogP contribution in [0.4, 0.5) is 0 Å². The molecule has 0 spiro atoms. The number of morpholine rings is 1. The van der Waals surface area contributed by atoms with Crippen LogP contribution >= 0.6 is 11.6 Å². The predicted octanol–water partition coefficient (Wildman–Crippen LogP) is 6.17. The average molecular weight is 576 g/mol. The Balaban J connectivity index is 1.72. The summed E-state index contributed by atoms with van der Waals surface area (Å²) in [7, 11) is 3.01. The number of methoxy groups -OCH3 is 1. The summed E-state index contributed by atoms with van der Waals surface area (Å²) in [6.07, 6.45) is 10.5. The van der Waals surface area contributed by atoms with Gasteiger partial charge in [-0.3, -0.25) is 4.90 Å². The number of aromatic hydroxyl groups is 1. The van der Waals surface area contributed by atoms with Gasteiger partial charge in [-0.15, -0.1) is 0 Å². The Kier molecular flexibility index (Phi) is 11.9. The maximum atomic E-state index is 11.0. The van der Waals surface area contributed by atoms with Crippen molar-refractivity contribution in [2.24, 2.45) is 27.6 Å². The minimum absolute atomic E-state index is 0.0590. The van der Waals surface area contributed by atoms with Crippen LogP contribution in [0.2, 0.25) is 5.02 Å². The second-order valence-corrected chi connectivity index (χ2v) is 11.4. The summed E-state index contributed by atoms with van der Waals surface area (Å²) in [5.41, 5.74) is 3.95. The van der Waals surface area contributed by atoms with E-state index >= 15 is 0 Å². The van der Waals surface area contributed by atoms with Crippen molar-refractivity contribution in [2.75, 3.05) is 53.7 Å². The summed E-state index contributed by atoms with van der Waals surface area (Å²) < 4.78 is 11.0. The SMILES string of the molecule is CO/N=C/c1c(C)c(Cl)c(OC)c(C/C=C(C)/C=C/[C@@]2(C)[C@H](C)CC/C(=N\OCCN3CCOCC3)[C@@H]2C)c1O. The van der Waals surface area contributed by atoms with Gasteiger partial charge in [0.2, 0.25) is 0 Å². The lowest BCUT2D eigenvalue weighted by Crippen LogP contribution is -2.40. The molecule has 3 rings (SSSR count). The van der Waals surface area contributed by atoms with Gasteiger partial charge in [0.15, 0.2) is 0 Å². The maximum absolute atomic E-state index is 11.0. The van der Waals surface area contributed by atoms with Crippen LogP contribution in [0.5, 0.6) is 11.5 Å². The molecule has 222 valence electrons. The van der Waals surface area contributed by atoms with Gasteiger partial charge >= 0.3 is 0 Å². The van der Waals surface area contributed by atoms with Crippen LogP contribution in [0.3, 0.4) is 0 Å². The zero-order chi connectivity index (χ0) is 29.3. The first kappa shape index (κ1) is 32.0. The van der Waals surface area contributed by atoms with Crippen molar-refractivity contribution in [3.05, 3.63) is 45.5 Å². The number of rotatable bonds is 11. The minimum Gasteiger partial charge on any atom is -0.507 e. The van der Waals surface area contributed by atoms with E-state index in [1.165, 1.54) is 13.3 Å². The molecular weight excluding hydrogens is 530 g/mol. The maximum Gasteiger partial charge on any atom is 0.144 e. The highest BCUT2D eigenvalue weighted by molar-refractivity contribution is 6.33. The molecule has 1 aromatic rings. The van der Waals surface area contributed by atoms with E-state index in [4.69, 9.17) is 30.7 Å². The first-order chi connectivity index (χ1) is 19.1. The lowest BCUT2D eigenvalue weighted by molar-refractivity contribution is 0.0206. The molecule has 1 N–H and O–H groups in total. The Hall–Kier alpha value is -2.55. The second kappa shape index (κ2) is 14.9. The molecule has 1 aliphatic carbocycles. The second-order valence-electron chi connectivity index (χ2n) is 11.0. The molecule has 1 aromatic carbocycles. The number of ether oxygens (including phenoxy) is 2. The quantitative estimate of drug-likeness (QED) is 0.147. The molecule has 40 heavy (non-hydrogen) atoms. The van der Waals surface area contributed by atoms with Gasteiger partial charge in [0, 0.05) is 36.7 Å². The number of nitrogens with zero attached hydrogens (tertiary/aromatic N) is 3. The normalized spacial score (nSPS) is 25.7. The van der Waals surface area contributed by atoms with Crippen molar-refractivity contribution in [1.29, 1.82) is 0 Å².